The van der Waals surface area contributed by atoms with Crippen LogP contribution in [-0.4, -0.2) is 47.0 Å². The van der Waals surface area contributed by atoms with Crippen LogP contribution in [0, 0.1) is 13.8 Å². The highest BCUT2D eigenvalue weighted by Gasteiger charge is 2.24. The highest BCUT2D eigenvalue weighted by Crippen LogP contribution is 2.23. The predicted molar refractivity (Wildman–Crippen MR) is 98.0 cm³/mol. The Labute approximate surface area is 144 Å². The normalized spacial score (nSPS) is 15.2. The molecule has 5 nitrogen and oxygen atoms in total. The molecule has 4 rings (SSSR count). The number of aromatic amines is 1. The largest absolute Gasteiger partial charge is 0.351 e. The lowest BCUT2D eigenvalue weighted by Crippen LogP contribution is -2.48. The van der Waals surface area contributed by atoms with Crippen molar-refractivity contribution in [3.63, 3.8) is 0 Å². The molecule has 0 bridgehead atoms. The Bertz CT molecular complexity index is 876. The van der Waals surface area contributed by atoms with Crippen molar-refractivity contribution < 1.29 is 4.79 Å². The predicted octanol–water partition coefficient (Wildman–Crippen LogP) is 3.20. The van der Waals surface area contributed by atoms with Crippen molar-refractivity contribution in [2.45, 2.75) is 13.8 Å². The highest BCUT2D eigenvalue weighted by molar-refractivity contribution is 7.13. The molecular formula is C18H20N4OS. The van der Waals surface area contributed by atoms with Crippen molar-refractivity contribution in [1.82, 2.24) is 14.9 Å². The van der Waals surface area contributed by atoms with Gasteiger partial charge in [-0.25, -0.2) is 4.98 Å². The lowest BCUT2D eigenvalue weighted by atomic mass is 10.1. The van der Waals surface area contributed by atoms with Crippen LogP contribution in [-0.2, 0) is 0 Å². The quantitative estimate of drug-likeness (QED) is 0.779. The minimum atomic E-state index is 0.0852. The van der Waals surface area contributed by atoms with Gasteiger partial charge in [0, 0.05) is 48.7 Å². The SMILES string of the molecule is Cc1cc(C)c2cc(C(=O)N3CCN(c4nccs4)CC3)[nH]c2c1. The summed E-state index contributed by atoms with van der Waals surface area (Å²) in [6, 6.07) is 6.23. The van der Waals surface area contributed by atoms with Crippen LogP contribution in [0.25, 0.3) is 10.9 Å². The van der Waals surface area contributed by atoms with Gasteiger partial charge in [-0.15, -0.1) is 11.3 Å². The molecule has 124 valence electrons. The Morgan fingerprint density at radius 3 is 2.67 bits per heavy atom. The molecular weight excluding hydrogens is 320 g/mol. The Morgan fingerprint density at radius 1 is 1.17 bits per heavy atom. The van der Waals surface area contributed by atoms with E-state index in [1.165, 1.54) is 11.1 Å². The van der Waals surface area contributed by atoms with Gasteiger partial charge in [-0.05, 0) is 37.1 Å². The van der Waals surface area contributed by atoms with Crippen molar-refractivity contribution in [3.05, 3.63) is 46.6 Å². The molecule has 2 aromatic heterocycles. The number of nitrogens with zero attached hydrogens (tertiary/aromatic N) is 3. The fourth-order valence-corrected chi connectivity index (χ4v) is 4.05. The fraction of sp³-hybridized carbons (Fsp3) is 0.333. The Balaban J connectivity index is 1.51. The van der Waals surface area contributed by atoms with Crippen LogP contribution in [0.5, 0.6) is 0 Å². The number of H-pyrrole nitrogens is 1. The third kappa shape index (κ3) is 2.67. The lowest BCUT2D eigenvalue weighted by molar-refractivity contribution is 0.0742. The minimum Gasteiger partial charge on any atom is -0.351 e. The van der Waals surface area contributed by atoms with Crippen molar-refractivity contribution in [2.24, 2.45) is 0 Å². The number of piperazine rings is 1. The van der Waals surface area contributed by atoms with E-state index in [0.29, 0.717) is 5.69 Å². The molecule has 1 saturated heterocycles. The third-order valence-corrected chi connectivity index (χ3v) is 5.41. The van der Waals surface area contributed by atoms with Gasteiger partial charge in [0.1, 0.15) is 5.69 Å². The second-order valence-corrected chi connectivity index (χ2v) is 7.19. The first kappa shape index (κ1) is 15.2. The van der Waals surface area contributed by atoms with Gasteiger partial charge in [-0.2, -0.15) is 0 Å². The number of rotatable bonds is 2. The van der Waals surface area contributed by atoms with Crippen LogP contribution < -0.4 is 4.90 Å². The molecule has 24 heavy (non-hydrogen) atoms. The zero-order valence-electron chi connectivity index (χ0n) is 13.9. The summed E-state index contributed by atoms with van der Waals surface area (Å²) in [5, 5.41) is 4.16. The molecule has 0 spiro atoms. The van der Waals surface area contributed by atoms with Gasteiger partial charge >= 0.3 is 0 Å². The van der Waals surface area contributed by atoms with Gasteiger partial charge in [-0.3, -0.25) is 4.79 Å². The first-order chi connectivity index (χ1) is 11.6. The summed E-state index contributed by atoms with van der Waals surface area (Å²) in [5.74, 6) is 0.0852. The molecule has 1 fully saturated rings. The topological polar surface area (TPSA) is 52.2 Å². The van der Waals surface area contributed by atoms with E-state index in [1.807, 2.05) is 22.5 Å². The van der Waals surface area contributed by atoms with Crippen LogP contribution in [0.3, 0.4) is 0 Å². The molecule has 1 amide bonds. The number of hydrogen-bond donors (Lipinski definition) is 1. The smallest absolute Gasteiger partial charge is 0.270 e. The average Bonchev–Trinajstić information content (AvgIpc) is 3.24. The van der Waals surface area contributed by atoms with Crippen molar-refractivity contribution in [3.8, 4) is 0 Å². The third-order valence-electron chi connectivity index (χ3n) is 4.58. The number of benzene rings is 1. The van der Waals surface area contributed by atoms with Crippen molar-refractivity contribution in [1.29, 1.82) is 0 Å². The molecule has 0 radical (unpaired) electrons. The molecule has 1 N–H and O–H groups in total. The summed E-state index contributed by atoms with van der Waals surface area (Å²) >= 11 is 1.65. The maximum absolute atomic E-state index is 12.8. The molecule has 0 saturated carbocycles. The zero-order chi connectivity index (χ0) is 16.7. The lowest BCUT2D eigenvalue weighted by Gasteiger charge is -2.34. The van der Waals surface area contributed by atoms with Gasteiger partial charge in [-0.1, -0.05) is 6.07 Å². The van der Waals surface area contributed by atoms with E-state index in [9.17, 15) is 4.79 Å². The molecule has 3 heterocycles. The molecule has 1 aromatic carbocycles. The minimum absolute atomic E-state index is 0.0852. The van der Waals surface area contributed by atoms with E-state index >= 15 is 0 Å². The van der Waals surface area contributed by atoms with Gasteiger partial charge < -0.3 is 14.8 Å². The van der Waals surface area contributed by atoms with E-state index in [1.54, 1.807) is 11.3 Å². The average molecular weight is 340 g/mol. The van der Waals surface area contributed by atoms with Crippen molar-refractivity contribution >= 4 is 33.3 Å². The van der Waals surface area contributed by atoms with E-state index in [-0.39, 0.29) is 5.91 Å². The second kappa shape index (κ2) is 5.94. The van der Waals surface area contributed by atoms with E-state index in [0.717, 1.165) is 42.2 Å². The molecule has 1 aliphatic rings. The Kier molecular flexibility index (Phi) is 3.76. The summed E-state index contributed by atoms with van der Waals surface area (Å²) in [6.07, 6.45) is 1.83. The molecule has 3 aromatic rings. The van der Waals surface area contributed by atoms with E-state index in [4.69, 9.17) is 0 Å². The van der Waals surface area contributed by atoms with E-state index in [2.05, 4.69) is 40.8 Å². The number of hydrogen-bond acceptors (Lipinski definition) is 4. The van der Waals surface area contributed by atoms with Gasteiger partial charge in [0.05, 0.1) is 0 Å². The maximum Gasteiger partial charge on any atom is 0.270 e. The number of carbonyl (C=O) groups excluding carboxylic acids is 1. The molecule has 1 aliphatic heterocycles. The second-order valence-electron chi connectivity index (χ2n) is 6.32. The van der Waals surface area contributed by atoms with Gasteiger partial charge in [0.25, 0.3) is 5.91 Å². The summed E-state index contributed by atoms with van der Waals surface area (Å²) < 4.78 is 0. The first-order valence-electron chi connectivity index (χ1n) is 8.15. The Hall–Kier alpha value is -2.34. The van der Waals surface area contributed by atoms with Crippen LogP contribution in [0.1, 0.15) is 21.6 Å². The number of amides is 1. The summed E-state index contributed by atoms with van der Waals surface area (Å²) in [7, 11) is 0. The van der Waals surface area contributed by atoms with E-state index < -0.39 is 0 Å². The van der Waals surface area contributed by atoms with Crippen LogP contribution >= 0.6 is 11.3 Å². The van der Waals surface area contributed by atoms with Crippen LogP contribution in [0.15, 0.2) is 29.8 Å². The number of fused-ring (bicyclic) bond motifs is 1. The van der Waals surface area contributed by atoms with Crippen LogP contribution in [0.4, 0.5) is 5.13 Å². The number of nitrogens with one attached hydrogen (secondary N) is 1. The van der Waals surface area contributed by atoms with Crippen LogP contribution in [0.2, 0.25) is 0 Å². The molecule has 6 heteroatoms. The number of thiazole rings is 1. The first-order valence-corrected chi connectivity index (χ1v) is 9.03. The fourth-order valence-electron chi connectivity index (χ4n) is 3.36. The maximum atomic E-state index is 12.8. The standard InChI is InChI=1S/C18H20N4OS/c1-12-9-13(2)14-11-16(20-15(14)10-12)17(23)21-4-6-22(7-5-21)18-19-3-8-24-18/h3,8-11,20H,4-7H2,1-2H3. The molecule has 0 aliphatic carbocycles. The number of anilines is 1. The Morgan fingerprint density at radius 2 is 1.96 bits per heavy atom. The summed E-state index contributed by atoms with van der Waals surface area (Å²) in [6.45, 7) is 7.28. The van der Waals surface area contributed by atoms with Gasteiger partial charge in [0.2, 0.25) is 0 Å². The number of carbonyl (C=O) groups is 1. The summed E-state index contributed by atoms with van der Waals surface area (Å²) in [4.78, 5) is 24.6. The zero-order valence-corrected chi connectivity index (χ0v) is 14.7. The van der Waals surface area contributed by atoms with Gasteiger partial charge in [0.15, 0.2) is 5.13 Å². The molecule has 0 unspecified atom stereocenters. The highest BCUT2D eigenvalue weighted by atomic mass is 32.1. The monoisotopic (exact) mass is 340 g/mol. The summed E-state index contributed by atoms with van der Waals surface area (Å²) in [5.41, 5.74) is 4.13. The number of aryl methyl sites for hydroxylation is 2. The van der Waals surface area contributed by atoms with Crippen molar-refractivity contribution in [2.75, 3.05) is 31.1 Å². The molecule has 0 atom stereocenters. The number of aromatic nitrogens is 2.